The van der Waals surface area contributed by atoms with Gasteiger partial charge in [0.15, 0.2) is 0 Å². The molecule has 0 heterocycles. The Morgan fingerprint density at radius 3 is 2.53 bits per heavy atom. The number of carbonyl (C=O) groups excluding carboxylic acids is 1. The molecule has 0 spiro atoms. The molecule has 2 nitrogen and oxygen atoms in total. The van der Waals surface area contributed by atoms with Crippen LogP contribution >= 0.6 is 11.6 Å². The predicted octanol–water partition coefficient (Wildman–Crippen LogP) is 2.88. The van der Waals surface area contributed by atoms with Crippen molar-refractivity contribution in [1.82, 2.24) is 5.32 Å². The van der Waals surface area contributed by atoms with Gasteiger partial charge in [0, 0.05) is 18.0 Å². The van der Waals surface area contributed by atoms with Gasteiger partial charge < -0.3 is 5.32 Å². The molecular weight excluding hydrogens is 210 g/mol. The Hall–Kier alpha value is -1.28. The molecule has 0 radical (unpaired) electrons. The van der Waals surface area contributed by atoms with Crippen LogP contribution in [-0.2, 0) is 4.79 Å². The van der Waals surface area contributed by atoms with Gasteiger partial charge in [-0.25, -0.2) is 0 Å². The SMILES string of the molecule is CC(=O)N[C@@H](C)/C=C/c1ccc(Cl)cc1. The maximum Gasteiger partial charge on any atom is 0.217 e. The first-order valence-corrected chi connectivity index (χ1v) is 5.16. The lowest BCUT2D eigenvalue weighted by atomic mass is 10.2. The molecule has 15 heavy (non-hydrogen) atoms. The molecule has 1 rings (SSSR count). The van der Waals surface area contributed by atoms with Crippen LogP contribution in [0.2, 0.25) is 5.02 Å². The zero-order valence-corrected chi connectivity index (χ0v) is 9.58. The summed E-state index contributed by atoms with van der Waals surface area (Å²) in [5.41, 5.74) is 1.07. The first-order chi connectivity index (χ1) is 7.08. The molecule has 0 aliphatic rings. The lowest BCUT2D eigenvalue weighted by Gasteiger charge is -2.06. The number of carbonyl (C=O) groups is 1. The zero-order valence-electron chi connectivity index (χ0n) is 8.83. The van der Waals surface area contributed by atoms with Gasteiger partial charge in [0.05, 0.1) is 0 Å². The Kier molecular flexibility index (Phi) is 4.37. The summed E-state index contributed by atoms with van der Waals surface area (Å²) in [6, 6.07) is 7.57. The van der Waals surface area contributed by atoms with Crippen LogP contribution in [0.5, 0.6) is 0 Å². The van der Waals surface area contributed by atoms with Crippen LogP contribution in [0.25, 0.3) is 6.08 Å². The molecule has 0 bridgehead atoms. The van der Waals surface area contributed by atoms with Crippen molar-refractivity contribution in [2.75, 3.05) is 0 Å². The predicted molar refractivity (Wildman–Crippen MR) is 63.8 cm³/mol. The Morgan fingerprint density at radius 2 is 2.00 bits per heavy atom. The number of rotatable bonds is 3. The summed E-state index contributed by atoms with van der Waals surface area (Å²) >= 11 is 5.76. The molecule has 1 atom stereocenters. The summed E-state index contributed by atoms with van der Waals surface area (Å²) in [4.78, 5) is 10.7. The van der Waals surface area contributed by atoms with Crippen LogP contribution in [0.4, 0.5) is 0 Å². The monoisotopic (exact) mass is 223 g/mol. The summed E-state index contributed by atoms with van der Waals surface area (Å²) in [5, 5.41) is 3.50. The van der Waals surface area contributed by atoms with Crippen molar-refractivity contribution in [3.05, 3.63) is 40.9 Å². The molecule has 0 fully saturated rings. The molecule has 0 aromatic heterocycles. The Morgan fingerprint density at radius 1 is 1.40 bits per heavy atom. The smallest absolute Gasteiger partial charge is 0.217 e. The van der Waals surface area contributed by atoms with E-state index in [0.717, 1.165) is 10.6 Å². The van der Waals surface area contributed by atoms with E-state index < -0.39 is 0 Å². The number of benzene rings is 1. The average Bonchev–Trinajstić information content (AvgIpc) is 2.16. The number of hydrogen-bond donors (Lipinski definition) is 1. The van der Waals surface area contributed by atoms with Gasteiger partial charge in [0.1, 0.15) is 0 Å². The highest BCUT2D eigenvalue weighted by molar-refractivity contribution is 6.30. The van der Waals surface area contributed by atoms with Crippen molar-refractivity contribution in [3.63, 3.8) is 0 Å². The van der Waals surface area contributed by atoms with Crippen LogP contribution in [0.1, 0.15) is 19.4 Å². The van der Waals surface area contributed by atoms with E-state index in [9.17, 15) is 4.79 Å². The summed E-state index contributed by atoms with van der Waals surface area (Å²) < 4.78 is 0. The van der Waals surface area contributed by atoms with Crippen molar-refractivity contribution in [2.24, 2.45) is 0 Å². The van der Waals surface area contributed by atoms with Gasteiger partial charge in [-0.2, -0.15) is 0 Å². The molecule has 0 aliphatic carbocycles. The molecule has 1 aromatic carbocycles. The fraction of sp³-hybridized carbons (Fsp3) is 0.250. The summed E-state index contributed by atoms with van der Waals surface area (Å²) in [5.74, 6) is -0.0248. The minimum absolute atomic E-state index is 0.0248. The molecule has 1 N–H and O–H groups in total. The maximum absolute atomic E-state index is 10.7. The largest absolute Gasteiger partial charge is 0.350 e. The van der Waals surface area contributed by atoms with E-state index >= 15 is 0 Å². The Balaban J connectivity index is 2.57. The second kappa shape index (κ2) is 5.56. The maximum atomic E-state index is 10.7. The minimum Gasteiger partial charge on any atom is -0.350 e. The second-order valence-corrected chi connectivity index (χ2v) is 3.84. The van der Waals surface area contributed by atoms with Crippen LogP contribution in [0, 0.1) is 0 Å². The third-order valence-electron chi connectivity index (χ3n) is 1.88. The highest BCUT2D eigenvalue weighted by Crippen LogP contribution is 2.10. The Labute approximate surface area is 94.9 Å². The van der Waals surface area contributed by atoms with Crippen LogP contribution in [0.15, 0.2) is 30.3 Å². The van der Waals surface area contributed by atoms with Gasteiger partial charge in [0.25, 0.3) is 0 Å². The van der Waals surface area contributed by atoms with E-state index in [0.29, 0.717) is 0 Å². The standard InChI is InChI=1S/C12H14ClNO/c1-9(14-10(2)15)3-4-11-5-7-12(13)8-6-11/h3-9H,1-2H3,(H,14,15)/b4-3+/t9-/m0/s1. The number of halogens is 1. The van der Waals surface area contributed by atoms with E-state index in [1.165, 1.54) is 6.92 Å². The highest BCUT2D eigenvalue weighted by atomic mass is 35.5. The Bertz CT molecular complexity index is 356. The molecule has 80 valence electrons. The van der Waals surface area contributed by atoms with Crippen LogP contribution in [-0.4, -0.2) is 11.9 Å². The summed E-state index contributed by atoms with van der Waals surface area (Å²) in [6.07, 6.45) is 3.89. The van der Waals surface area contributed by atoms with Gasteiger partial charge in [-0.15, -0.1) is 0 Å². The lowest BCUT2D eigenvalue weighted by Crippen LogP contribution is -2.28. The molecular formula is C12H14ClNO. The average molecular weight is 224 g/mol. The zero-order chi connectivity index (χ0) is 11.3. The van der Waals surface area contributed by atoms with E-state index in [4.69, 9.17) is 11.6 Å². The fourth-order valence-electron chi connectivity index (χ4n) is 1.20. The minimum atomic E-state index is -0.0248. The van der Waals surface area contributed by atoms with Crippen molar-refractivity contribution >= 4 is 23.6 Å². The van der Waals surface area contributed by atoms with Gasteiger partial charge in [-0.05, 0) is 24.6 Å². The van der Waals surface area contributed by atoms with E-state index in [1.807, 2.05) is 43.3 Å². The lowest BCUT2D eigenvalue weighted by molar-refractivity contribution is -0.119. The number of nitrogens with one attached hydrogen (secondary N) is 1. The van der Waals surface area contributed by atoms with Gasteiger partial charge in [-0.3, -0.25) is 4.79 Å². The van der Waals surface area contributed by atoms with Crippen molar-refractivity contribution in [1.29, 1.82) is 0 Å². The topological polar surface area (TPSA) is 29.1 Å². The van der Waals surface area contributed by atoms with Crippen molar-refractivity contribution in [2.45, 2.75) is 19.9 Å². The van der Waals surface area contributed by atoms with Gasteiger partial charge >= 0.3 is 0 Å². The first kappa shape index (κ1) is 11.8. The van der Waals surface area contributed by atoms with Crippen molar-refractivity contribution in [3.8, 4) is 0 Å². The molecule has 3 heteroatoms. The van der Waals surface area contributed by atoms with Crippen LogP contribution < -0.4 is 5.32 Å². The molecule has 0 aliphatic heterocycles. The molecule has 0 saturated carbocycles. The molecule has 0 unspecified atom stereocenters. The molecule has 0 saturated heterocycles. The number of amides is 1. The molecule has 1 aromatic rings. The summed E-state index contributed by atoms with van der Waals surface area (Å²) in [7, 11) is 0. The number of hydrogen-bond acceptors (Lipinski definition) is 1. The highest BCUT2D eigenvalue weighted by Gasteiger charge is 1.97. The third-order valence-corrected chi connectivity index (χ3v) is 2.13. The third kappa shape index (κ3) is 4.66. The summed E-state index contributed by atoms with van der Waals surface area (Å²) in [6.45, 7) is 3.43. The van der Waals surface area contributed by atoms with Crippen molar-refractivity contribution < 1.29 is 4.79 Å². The normalized spacial score (nSPS) is 12.7. The van der Waals surface area contributed by atoms with E-state index in [1.54, 1.807) is 0 Å². The fourth-order valence-corrected chi connectivity index (χ4v) is 1.32. The molecule has 1 amide bonds. The van der Waals surface area contributed by atoms with E-state index in [-0.39, 0.29) is 11.9 Å². The quantitative estimate of drug-likeness (QED) is 0.839. The van der Waals surface area contributed by atoms with Gasteiger partial charge in [-0.1, -0.05) is 35.9 Å². The van der Waals surface area contributed by atoms with E-state index in [2.05, 4.69) is 5.32 Å². The van der Waals surface area contributed by atoms with Crippen LogP contribution in [0.3, 0.4) is 0 Å². The second-order valence-electron chi connectivity index (χ2n) is 3.40. The van der Waals surface area contributed by atoms with Gasteiger partial charge in [0.2, 0.25) is 5.91 Å². The first-order valence-electron chi connectivity index (χ1n) is 4.79.